The molecule has 0 aliphatic carbocycles. The molecule has 0 bridgehead atoms. The number of benzene rings is 3. The molecule has 4 aromatic rings. The van der Waals surface area contributed by atoms with E-state index in [1.54, 1.807) is 49.6 Å². The molecule has 0 saturated carbocycles. The van der Waals surface area contributed by atoms with E-state index in [-0.39, 0.29) is 18.3 Å². The first-order valence-electron chi connectivity index (χ1n) is 11.0. The van der Waals surface area contributed by atoms with Gasteiger partial charge in [-0.3, -0.25) is 9.89 Å². The maximum Gasteiger partial charge on any atom is 0.255 e. The number of hydrogen-bond donors (Lipinski definition) is 2. The van der Waals surface area contributed by atoms with Gasteiger partial charge in [-0.05, 0) is 35.9 Å². The third kappa shape index (κ3) is 4.95. The smallest absolute Gasteiger partial charge is 0.255 e. The van der Waals surface area contributed by atoms with Gasteiger partial charge in [0, 0.05) is 12.1 Å². The molecule has 0 unspecified atom stereocenters. The number of rotatable bonds is 9. The third-order valence-electron chi connectivity index (χ3n) is 5.71. The van der Waals surface area contributed by atoms with Crippen molar-refractivity contribution in [3.05, 3.63) is 76.7 Å². The van der Waals surface area contributed by atoms with Crippen LogP contribution in [-0.2, 0) is 6.54 Å². The zero-order valence-corrected chi connectivity index (χ0v) is 20.3. The number of methoxy groups -OCH3 is 4. The number of nitrogens with zero attached hydrogens (tertiary/aromatic N) is 1. The van der Waals surface area contributed by atoms with Gasteiger partial charge in [-0.2, -0.15) is 5.10 Å². The van der Waals surface area contributed by atoms with Crippen molar-refractivity contribution in [1.82, 2.24) is 15.5 Å². The summed E-state index contributed by atoms with van der Waals surface area (Å²) in [5.41, 5.74) is 3.11. The second-order valence-electron chi connectivity index (χ2n) is 7.76. The Bertz CT molecular complexity index is 1390. The van der Waals surface area contributed by atoms with Gasteiger partial charge in [-0.1, -0.05) is 18.2 Å². The SMILES string of the molecule is COc1cc(OC)c(CNC(=O)c2ccc3n[nH]c(/C=C/c4ccc(F)cc4)c3c2OC)c(OC)c1. The van der Waals surface area contributed by atoms with Crippen molar-refractivity contribution in [2.45, 2.75) is 6.54 Å². The second kappa shape index (κ2) is 10.8. The molecule has 0 saturated heterocycles. The number of aromatic nitrogens is 2. The molecular weight excluding hydrogens is 465 g/mol. The molecule has 1 heterocycles. The number of fused-ring (bicyclic) bond motifs is 1. The van der Waals surface area contributed by atoms with Crippen LogP contribution in [0.15, 0.2) is 48.5 Å². The number of carbonyl (C=O) groups excluding carboxylic acids is 1. The van der Waals surface area contributed by atoms with Crippen LogP contribution < -0.4 is 24.3 Å². The Morgan fingerprint density at radius 1 is 0.944 bits per heavy atom. The number of carbonyl (C=O) groups is 1. The van der Waals surface area contributed by atoms with Crippen molar-refractivity contribution in [3.8, 4) is 23.0 Å². The molecule has 4 rings (SSSR count). The molecule has 0 fully saturated rings. The lowest BCUT2D eigenvalue weighted by atomic mass is 10.1. The number of hydrogen-bond acceptors (Lipinski definition) is 6. The molecule has 3 aromatic carbocycles. The normalized spacial score (nSPS) is 11.0. The summed E-state index contributed by atoms with van der Waals surface area (Å²) in [5, 5.41) is 10.9. The summed E-state index contributed by atoms with van der Waals surface area (Å²) in [7, 11) is 6.13. The van der Waals surface area contributed by atoms with E-state index in [9.17, 15) is 9.18 Å². The van der Waals surface area contributed by atoms with E-state index in [1.165, 1.54) is 33.5 Å². The Morgan fingerprint density at radius 2 is 1.64 bits per heavy atom. The fraction of sp³-hybridized carbons (Fsp3) is 0.185. The van der Waals surface area contributed by atoms with Crippen LogP contribution in [0.4, 0.5) is 4.39 Å². The first-order chi connectivity index (χ1) is 17.5. The van der Waals surface area contributed by atoms with Crippen molar-refractivity contribution in [1.29, 1.82) is 0 Å². The summed E-state index contributed by atoms with van der Waals surface area (Å²) in [6.07, 6.45) is 3.63. The Hall–Kier alpha value is -4.53. The molecule has 1 amide bonds. The number of H-pyrrole nitrogens is 1. The third-order valence-corrected chi connectivity index (χ3v) is 5.71. The van der Waals surface area contributed by atoms with Gasteiger partial charge in [0.2, 0.25) is 0 Å². The molecule has 0 atom stereocenters. The molecule has 2 N–H and O–H groups in total. The highest BCUT2D eigenvalue weighted by molar-refractivity contribution is 6.05. The van der Waals surface area contributed by atoms with Crippen LogP contribution >= 0.6 is 0 Å². The monoisotopic (exact) mass is 491 g/mol. The molecule has 0 radical (unpaired) electrons. The van der Waals surface area contributed by atoms with Crippen LogP contribution in [0.2, 0.25) is 0 Å². The average Bonchev–Trinajstić information content (AvgIpc) is 3.33. The number of ether oxygens (including phenoxy) is 4. The topological polar surface area (TPSA) is 94.7 Å². The standard InChI is InChI=1S/C27H26FN3O5/c1-33-18-13-23(34-2)20(24(14-18)35-3)15-29-27(32)19-10-12-22-25(26(19)36-4)21(30-31-22)11-7-16-5-8-17(28)9-6-16/h5-14H,15H2,1-4H3,(H,29,32)(H,30,31)/b11-7+. The maximum atomic E-state index is 13.2. The van der Waals surface area contributed by atoms with Crippen LogP contribution in [0.1, 0.15) is 27.2 Å². The lowest BCUT2D eigenvalue weighted by Crippen LogP contribution is -2.24. The van der Waals surface area contributed by atoms with Crippen molar-refractivity contribution < 1.29 is 28.1 Å². The van der Waals surface area contributed by atoms with Crippen molar-refractivity contribution in [2.75, 3.05) is 28.4 Å². The van der Waals surface area contributed by atoms with Gasteiger partial charge < -0.3 is 24.3 Å². The van der Waals surface area contributed by atoms with Crippen LogP contribution in [0.5, 0.6) is 23.0 Å². The number of aromatic amines is 1. The van der Waals surface area contributed by atoms with Crippen LogP contribution in [-0.4, -0.2) is 44.5 Å². The minimum Gasteiger partial charge on any atom is -0.496 e. The highest BCUT2D eigenvalue weighted by Gasteiger charge is 2.20. The summed E-state index contributed by atoms with van der Waals surface area (Å²) in [6.45, 7) is 0.152. The molecule has 0 aliphatic rings. The van der Waals surface area contributed by atoms with Crippen LogP contribution in [0.3, 0.4) is 0 Å². The fourth-order valence-corrected chi connectivity index (χ4v) is 3.88. The molecule has 1 aromatic heterocycles. The van der Waals surface area contributed by atoms with E-state index in [2.05, 4.69) is 15.5 Å². The predicted molar refractivity (Wildman–Crippen MR) is 135 cm³/mol. The van der Waals surface area contributed by atoms with Crippen LogP contribution in [0.25, 0.3) is 23.1 Å². The number of nitrogens with one attached hydrogen (secondary N) is 2. The van der Waals surface area contributed by atoms with Crippen molar-refractivity contribution in [2.24, 2.45) is 0 Å². The van der Waals surface area contributed by atoms with Gasteiger partial charge in [0.05, 0.1) is 62.7 Å². The van der Waals surface area contributed by atoms with E-state index in [1.807, 2.05) is 6.08 Å². The van der Waals surface area contributed by atoms with E-state index < -0.39 is 0 Å². The van der Waals surface area contributed by atoms with Gasteiger partial charge in [0.1, 0.15) is 28.8 Å². The molecule has 186 valence electrons. The van der Waals surface area contributed by atoms with Crippen LogP contribution in [0, 0.1) is 5.82 Å². The predicted octanol–water partition coefficient (Wildman–Crippen LogP) is 4.84. The van der Waals surface area contributed by atoms with Gasteiger partial charge in [0.15, 0.2) is 0 Å². The van der Waals surface area contributed by atoms with Gasteiger partial charge in [0.25, 0.3) is 5.91 Å². The zero-order valence-electron chi connectivity index (χ0n) is 20.3. The molecule has 0 aliphatic heterocycles. The second-order valence-corrected chi connectivity index (χ2v) is 7.76. The average molecular weight is 492 g/mol. The molecule has 9 heteroatoms. The van der Waals surface area contributed by atoms with E-state index in [4.69, 9.17) is 18.9 Å². The lowest BCUT2D eigenvalue weighted by Gasteiger charge is -2.16. The quantitative estimate of drug-likeness (QED) is 0.348. The lowest BCUT2D eigenvalue weighted by molar-refractivity contribution is 0.0947. The Morgan fingerprint density at radius 3 is 2.25 bits per heavy atom. The maximum absolute atomic E-state index is 13.2. The molecular formula is C27H26FN3O5. The summed E-state index contributed by atoms with van der Waals surface area (Å²) in [5.74, 6) is 1.36. The van der Waals surface area contributed by atoms with Crippen molar-refractivity contribution in [3.63, 3.8) is 0 Å². The highest BCUT2D eigenvalue weighted by atomic mass is 19.1. The molecule has 36 heavy (non-hydrogen) atoms. The van der Waals surface area contributed by atoms with Gasteiger partial charge >= 0.3 is 0 Å². The van der Waals surface area contributed by atoms with Gasteiger partial charge in [-0.25, -0.2) is 4.39 Å². The van der Waals surface area contributed by atoms with E-state index >= 15 is 0 Å². The first kappa shape index (κ1) is 24.6. The molecule has 0 spiro atoms. The van der Waals surface area contributed by atoms with Gasteiger partial charge in [-0.15, -0.1) is 0 Å². The summed E-state index contributed by atoms with van der Waals surface area (Å²) >= 11 is 0. The zero-order chi connectivity index (χ0) is 25.7. The number of halogens is 1. The summed E-state index contributed by atoms with van der Waals surface area (Å²) in [4.78, 5) is 13.2. The fourth-order valence-electron chi connectivity index (χ4n) is 3.88. The van der Waals surface area contributed by atoms with Crippen molar-refractivity contribution >= 4 is 29.0 Å². The summed E-state index contributed by atoms with van der Waals surface area (Å²) < 4.78 is 35.1. The number of amides is 1. The summed E-state index contributed by atoms with van der Waals surface area (Å²) in [6, 6.07) is 13.0. The minimum atomic E-state index is -0.344. The Kier molecular flexibility index (Phi) is 7.39. The minimum absolute atomic E-state index is 0.152. The largest absolute Gasteiger partial charge is 0.496 e. The molecule has 8 nitrogen and oxygen atoms in total. The first-order valence-corrected chi connectivity index (χ1v) is 11.0. The van der Waals surface area contributed by atoms with E-state index in [0.29, 0.717) is 50.7 Å². The highest BCUT2D eigenvalue weighted by Crippen LogP contribution is 2.35. The Balaban J connectivity index is 1.63. The van der Waals surface area contributed by atoms with E-state index in [0.717, 1.165) is 5.56 Å². The Labute approximate surface area is 207 Å².